The average Bonchev–Trinajstić information content (AvgIpc) is 3.43. The largest absolute Gasteiger partial charge is 0.465 e. The fourth-order valence-corrected chi connectivity index (χ4v) is 5.15. The van der Waals surface area contributed by atoms with Gasteiger partial charge in [0, 0.05) is 26.3 Å². The summed E-state index contributed by atoms with van der Waals surface area (Å²) in [7, 11) is -0.700. The van der Waals surface area contributed by atoms with E-state index in [0.29, 0.717) is 21.5 Å². The molecule has 164 valence electrons. The van der Waals surface area contributed by atoms with E-state index in [0.717, 1.165) is 11.3 Å². The predicted molar refractivity (Wildman–Crippen MR) is 112 cm³/mol. The molecule has 1 N–H and O–H groups in total. The molecule has 1 atom stereocenters. The molecule has 3 aromatic heterocycles. The molecule has 31 heavy (non-hydrogen) atoms. The Morgan fingerprint density at radius 2 is 2.19 bits per heavy atom. The third kappa shape index (κ3) is 4.58. The predicted octanol–water partition coefficient (Wildman–Crippen LogP) is 1.56. The van der Waals surface area contributed by atoms with Crippen LogP contribution >= 0.6 is 11.3 Å². The standard InChI is InChI=1S/C18H20N6O5S2/c1-23-10-16(20-11-23)31(26,27)24-6-7-29-13(9-24)12-4-3-5-15(21-12)22-18-19-8-14(30-18)17(25)28-2/h3-5,8,10-11,13H,6-7,9H2,1-2H3,(H,19,21,22)/t13-/m0/s1. The van der Waals surface area contributed by atoms with Gasteiger partial charge in [-0.1, -0.05) is 17.4 Å². The van der Waals surface area contributed by atoms with Crippen molar-refractivity contribution < 1.29 is 22.7 Å². The number of ether oxygens (including phenoxy) is 2. The summed E-state index contributed by atoms with van der Waals surface area (Å²) < 4.78 is 39.2. The van der Waals surface area contributed by atoms with Gasteiger partial charge in [0.1, 0.15) is 16.8 Å². The Hall–Kier alpha value is -2.87. The first-order valence-corrected chi connectivity index (χ1v) is 11.5. The van der Waals surface area contributed by atoms with Gasteiger partial charge in [0.25, 0.3) is 10.0 Å². The quantitative estimate of drug-likeness (QED) is 0.540. The summed E-state index contributed by atoms with van der Waals surface area (Å²) in [4.78, 5) is 24.6. The molecular formula is C18H20N6O5S2. The molecule has 1 aliphatic rings. The van der Waals surface area contributed by atoms with E-state index in [-0.39, 0.29) is 24.7 Å². The summed E-state index contributed by atoms with van der Waals surface area (Å²) in [5.41, 5.74) is 0.579. The minimum absolute atomic E-state index is 0.00389. The molecule has 0 bridgehead atoms. The minimum Gasteiger partial charge on any atom is -0.465 e. The SMILES string of the molecule is COC(=O)c1cnc(Nc2cccc([C@@H]3CN(S(=O)(=O)c4cn(C)cn4)CCO3)n2)s1. The number of hydrogen-bond donors (Lipinski definition) is 1. The topological polar surface area (TPSA) is 129 Å². The van der Waals surface area contributed by atoms with Crippen molar-refractivity contribution in [3.8, 4) is 0 Å². The second-order valence-corrected chi connectivity index (χ2v) is 9.61. The van der Waals surface area contributed by atoms with E-state index in [9.17, 15) is 13.2 Å². The number of rotatable bonds is 6. The number of morpholine rings is 1. The van der Waals surface area contributed by atoms with Gasteiger partial charge in [-0.2, -0.15) is 4.31 Å². The summed E-state index contributed by atoms with van der Waals surface area (Å²) in [5, 5.41) is 3.53. The molecule has 0 amide bonds. The number of aromatic nitrogens is 4. The molecule has 11 nitrogen and oxygen atoms in total. The highest BCUT2D eigenvalue weighted by molar-refractivity contribution is 7.89. The van der Waals surface area contributed by atoms with Crippen molar-refractivity contribution in [3.05, 3.63) is 47.5 Å². The van der Waals surface area contributed by atoms with Crippen LogP contribution in [0.25, 0.3) is 0 Å². The number of nitrogens with one attached hydrogen (secondary N) is 1. The Balaban J connectivity index is 1.49. The van der Waals surface area contributed by atoms with Crippen molar-refractivity contribution >= 4 is 38.3 Å². The zero-order chi connectivity index (χ0) is 22.0. The van der Waals surface area contributed by atoms with Crippen molar-refractivity contribution in [1.82, 2.24) is 23.8 Å². The van der Waals surface area contributed by atoms with E-state index in [1.165, 1.54) is 30.1 Å². The normalized spacial score (nSPS) is 17.4. The first-order valence-electron chi connectivity index (χ1n) is 9.24. The molecule has 0 aromatic carbocycles. The van der Waals surface area contributed by atoms with Gasteiger partial charge in [-0.05, 0) is 12.1 Å². The zero-order valence-corrected chi connectivity index (χ0v) is 18.4. The maximum Gasteiger partial charge on any atom is 0.349 e. The van der Waals surface area contributed by atoms with Crippen LogP contribution in [0.2, 0.25) is 0 Å². The Morgan fingerprint density at radius 1 is 1.35 bits per heavy atom. The number of imidazole rings is 1. The Morgan fingerprint density at radius 3 is 2.94 bits per heavy atom. The highest BCUT2D eigenvalue weighted by atomic mass is 32.2. The number of carbonyl (C=O) groups is 1. The molecule has 0 saturated carbocycles. The first-order chi connectivity index (χ1) is 14.9. The van der Waals surface area contributed by atoms with Crippen LogP contribution in [0.15, 0.2) is 41.9 Å². The summed E-state index contributed by atoms with van der Waals surface area (Å²) in [6, 6.07) is 5.30. The molecule has 1 aliphatic heterocycles. The van der Waals surface area contributed by atoms with Gasteiger partial charge in [-0.3, -0.25) is 0 Å². The maximum absolute atomic E-state index is 12.9. The van der Waals surface area contributed by atoms with Crippen LogP contribution in [0.4, 0.5) is 10.9 Å². The molecule has 1 fully saturated rings. The highest BCUT2D eigenvalue weighted by Crippen LogP contribution is 2.27. The maximum atomic E-state index is 12.9. The molecule has 0 spiro atoms. The van der Waals surface area contributed by atoms with Crippen LogP contribution in [0.1, 0.15) is 21.5 Å². The van der Waals surface area contributed by atoms with Crippen LogP contribution < -0.4 is 5.32 Å². The van der Waals surface area contributed by atoms with Crippen molar-refractivity contribution in [1.29, 1.82) is 0 Å². The van der Waals surface area contributed by atoms with Crippen LogP contribution in [-0.2, 0) is 26.5 Å². The summed E-state index contributed by atoms with van der Waals surface area (Å²) in [6.07, 6.45) is 3.81. The Bertz CT molecular complexity index is 1190. The number of hydrogen-bond acceptors (Lipinski definition) is 10. The van der Waals surface area contributed by atoms with E-state index < -0.39 is 22.1 Å². The number of pyridine rings is 1. The van der Waals surface area contributed by atoms with E-state index >= 15 is 0 Å². The number of carbonyl (C=O) groups excluding carboxylic acids is 1. The lowest BCUT2D eigenvalue weighted by Crippen LogP contribution is -2.42. The lowest BCUT2D eigenvalue weighted by molar-refractivity contribution is -0.00492. The summed E-state index contributed by atoms with van der Waals surface area (Å²) in [5.74, 6) is 0.0358. The number of methoxy groups -OCH3 is 1. The van der Waals surface area contributed by atoms with Crippen LogP contribution in [0, 0.1) is 0 Å². The minimum atomic E-state index is -3.72. The molecule has 0 aliphatic carbocycles. The fourth-order valence-electron chi connectivity index (χ4n) is 3.01. The van der Waals surface area contributed by atoms with Gasteiger partial charge in [0.05, 0.1) is 31.9 Å². The average molecular weight is 465 g/mol. The van der Waals surface area contributed by atoms with Crippen molar-refractivity contribution in [3.63, 3.8) is 0 Å². The Labute approximate surface area is 182 Å². The van der Waals surface area contributed by atoms with Crippen LogP contribution in [-0.4, -0.2) is 65.0 Å². The van der Waals surface area contributed by atoms with E-state index in [2.05, 4.69) is 25.0 Å². The molecular weight excluding hydrogens is 444 g/mol. The number of sulfonamides is 1. The van der Waals surface area contributed by atoms with Crippen molar-refractivity contribution in [2.45, 2.75) is 11.1 Å². The third-order valence-electron chi connectivity index (χ3n) is 4.54. The van der Waals surface area contributed by atoms with Crippen LogP contribution in [0.3, 0.4) is 0 Å². The van der Waals surface area contributed by atoms with Gasteiger partial charge in [-0.25, -0.2) is 28.2 Å². The van der Waals surface area contributed by atoms with Gasteiger partial charge in [0.2, 0.25) is 0 Å². The van der Waals surface area contributed by atoms with E-state index in [1.54, 1.807) is 29.8 Å². The monoisotopic (exact) mass is 464 g/mol. The van der Waals surface area contributed by atoms with Crippen LogP contribution in [0.5, 0.6) is 0 Å². The molecule has 1 saturated heterocycles. The van der Waals surface area contributed by atoms with Gasteiger partial charge < -0.3 is 19.4 Å². The number of thiazole rings is 1. The lowest BCUT2D eigenvalue weighted by Gasteiger charge is -2.31. The summed E-state index contributed by atoms with van der Waals surface area (Å²) >= 11 is 1.14. The van der Waals surface area contributed by atoms with Crippen molar-refractivity contribution in [2.75, 3.05) is 32.1 Å². The zero-order valence-electron chi connectivity index (χ0n) is 16.8. The van der Waals surface area contributed by atoms with Gasteiger partial charge in [-0.15, -0.1) is 0 Å². The smallest absolute Gasteiger partial charge is 0.349 e. The molecule has 0 unspecified atom stereocenters. The highest BCUT2D eigenvalue weighted by Gasteiger charge is 2.33. The third-order valence-corrected chi connectivity index (χ3v) is 7.19. The second kappa shape index (κ2) is 8.70. The molecule has 0 radical (unpaired) electrons. The first kappa shape index (κ1) is 21.4. The lowest BCUT2D eigenvalue weighted by atomic mass is 10.2. The van der Waals surface area contributed by atoms with E-state index in [1.807, 2.05) is 0 Å². The summed E-state index contributed by atoms with van der Waals surface area (Å²) in [6.45, 7) is 0.604. The van der Waals surface area contributed by atoms with Gasteiger partial charge in [0.15, 0.2) is 10.2 Å². The van der Waals surface area contributed by atoms with E-state index in [4.69, 9.17) is 4.74 Å². The second-order valence-electron chi connectivity index (χ2n) is 6.69. The number of nitrogens with zero attached hydrogens (tertiary/aromatic N) is 5. The molecule has 13 heteroatoms. The fraction of sp³-hybridized carbons (Fsp3) is 0.333. The Kier molecular flexibility index (Phi) is 6.00. The molecule has 4 rings (SSSR count). The van der Waals surface area contributed by atoms with Gasteiger partial charge >= 0.3 is 5.97 Å². The number of aryl methyl sites for hydroxylation is 1. The number of esters is 1. The number of anilines is 2. The van der Waals surface area contributed by atoms with Crippen molar-refractivity contribution in [2.24, 2.45) is 7.05 Å². The molecule has 4 heterocycles. The molecule has 3 aromatic rings.